The molecule has 2 aliphatic heterocycles. The van der Waals surface area contributed by atoms with E-state index in [1.807, 2.05) is 23.4 Å². The van der Waals surface area contributed by atoms with E-state index in [0.29, 0.717) is 19.6 Å². The maximum absolute atomic E-state index is 12.6. The Morgan fingerprint density at radius 3 is 2.67 bits per heavy atom. The van der Waals surface area contributed by atoms with Gasteiger partial charge >= 0.3 is 0 Å². The fourth-order valence-corrected chi connectivity index (χ4v) is 3.68. The summed E-state index contributed by atoms with van der Waals surface area (Å²) in [7, 11) is 0. The first kappa shape index (κ1) is 17.0. The van der Waals surface area contributed by atoms with Gasteiger partial charge in [-0.1, -0.05) is 0 Å². The van der Waals surface area contributed by atoms with Crippen LogP contribution < -0.4 is 5.32 Å². The van der Waals surface area contributed by atoms with Gasteiger partial charge in [-0.3, -0.25) is 19.2 Å². The molecule has 2 amide bonds. The molecule has 1 aromatic rings. The van der Waals surface area contributed by atoms with E-state index in [1.54, 1.807) is 0 Å². The molecule has 0 bridgehead atoms. The van der Waals surface area contributed by atoms with Crippen molar-refractivity contribution in [1.29, 1.82) is 0 Å². The number of nitrogens with zero attached hydrogens (tertiary/aromatic N) is 4. The van der Waals surface area contributed by atoms with Gasteiger partial charge in [0.25, 0.3) is 0 Å². The molecule has 1 atom stereocenters. The van der Waals surface area contributed by atoms with Crippen molar-refractivity contribution < 1.29 is 9.59 Å². The van der Waals surface area contributed by atoms with E-state index in [-0.39, 0.29) is 36.4 Å². The highest BCUT2D eigenvalue weighted by Crippen LogP contribution is 2.24. The van der Waals surface area contributed by atoms with Crippen molar-refractivity contribution in [2.24, 2.45) is 0 Å². The van der Waals surface area contributed by atoms with Crippen LogP contribution in [-0.4, -0.2) is 69.7 Å². The Bertz CT molecular complexity index is 633. The number of nitrogens with one attached hydrogen (secondary N) is 1. The zero-order valence-corrected chi connectivity index (χ0v) is 15.0. The number of likely N-dealkylation sites (tertiary alicyclic amines) is 1. The average Bonchev–Trinajstić information content (AvgIpc) is 2.78. The highest BCUT2D eigenvalue weighted by Gasteiger charge is 2.38. The zero-order chi connectivity index (χ0) is 17.4. The average molecular weight is 333 g/mol. The van der Waals surface area contributed by atoms with Crippen molar-refractivity contribution in [2.45, 2.75) is 52.2 Å². The molecule has 1 N–H and O–H groups in total. The Hall–Kier alpha value is -1.89. The number of rotatable bonds is 4. The van der Waals surface area contributed by atoms with E-state index in [9.17, 15) is 9.59 Å². The molecule has 2 aliphatic rings. The summed E-state index contributed by atoms with van der Waals surface area (Å²) in [5.41, 5.74) is 2.13. The van der Waals surface area contributed by atoms with Crippen molar-refractivity contribution in [3.63, 3.8) is 0 Å². The minimum atomic E-state index is -0.348. The Labute approximate surface area is 143 Å². The van der Waals surface area contributed by atoms with Crippen LogP contribution in [0.25, 0.3) is 0 Å². The van der Waals surface area contributed by atoms with Gasteiger partial charge in [-0.05, 0) is 33.8 Å². The van der Waals surface area contributed by atoms with Crippen molar-refractivity contribution in [3.8, 4) is 0 Å². The monoisotopic (exact) mass is 333 g/mol. The molecule has 132 valence electrons. The van der Waals surface area contributed by atoms with E-state index in [2.05, 4.69) is 35.2 Å². The number of aryl methyl sites for hydroxylation is 2. The largest absolute Gasteiger partial charge is 0.353 e. The molecular weight excluding hydrogens is 306 g/mol. The fourth-order valence-electron chi connectivity index (χ4n) is 3.68. The minimum absolute atomic E-state index is 0.0288. The first-order chi connectivity index (χ1) is 11.4. The van der Waals surface area contributed by atoms with Gasteiger partial charge in [0.15, 0.2) is 0 Å². The Balaban J connectivity index is 1.58. The molecule has 24 heavy (non-hydrogen) atoms. The molecule has 1 aromatic heterocycles. The molecule has 3 heterocycles. The van der Waals surface area contributed by atoms with Gasteiger partial charge < -0.3 is 10.2 Å². The number of hydrogen-bond donors (Lipinski definition) is 1. The third-order valence-electron chi connectivity index (χ3n) is 5.01. The molecule has 0 spiro atoms. The van der Waals surface area contributed by atoms with Gasteiger partial charge in [0.1, 0.15) is 0 Å². The molecule has 2 saturated heterocycles. The second-order valence-electron chi connectivity index (χ2n) is 7.17. The van der Waals surface area contributed by atoms with Crippen LogP contribution in [-0.2, 0) is 9.59 Å². The molecule has 3 rings (SSSR count). The normalized spacial score (nSPS) is 22.6. The standard InChI is InChI=1S/C17H27N5O2/c1-11(2)21-6-5-18-17(24)15(21)8-16(23)20-9-14(10-20)22-13(4)7-12(3)19-22/h7,11,14-15H,5-6,8-10H2,1-4H3,(H,18,24). The lowest BCUT2D eigenvalue weighted by atomic mass is 10.0. The summed E-state index contributed by atoms with van der Waals surface area (Å²) in [5, 5.41) is 7.37. The summed E-state index contributed by atoms with van der Waals surface area (Å²) in [5.74, 6) is 0.0272. The van der Waals surface area contributed by atoms with E-state index >= 15 is 0 Å². The first-order valence-corrected chi connectivity index (χ1v) is 8.70. The maximum Gasteiger partial charge on any atom is 0.237 e. The second-order valence-corrected chi connectivity index (χ2v) is 7.17. The van der Waals surface area contributed by atoms with Crippen LogP contribution >= 0.6 is 0 Å². The van der Waals surface area contributed by atoms with Gasteiger partial charge in [0.05, 0.1) is 24.2 Å². The summed E-state index contributed by atoms with van der Waals surface area (Å²) in [6, 6.07) is 2.22. The summed E-state index contributed by atoms with van der Waals surface area (Å²) in [4.78, 5) is 28.7. The number of piperazine rings is 1. The first-order valence-electron chi connectivity index (χ1n) is 8.70. The lowest BCUT2D eigenvalue weighted by Gasteiger charge is -2.42. The van der Waals surface area contributed by atoms with Gasteiger partial charge in [0.2, 0.25) is 11.8 Å². The van der Waals surface area contributed by atoms with Gasteiger partial charge in [-0.25, -0.2) is 0 Å². The van der Waals surface area contributed by atoms with Gasteiger partial charge in [-0.2, -0.15) is 5.10 Å². The number of carbonyl (C=O) groups excluding carboxylic acids is 2. The van der Waals surface area contributed by atoms with Crippen molar-refractivity contribution in [3.05, 3.63) is 17.5 Å². The van der Waals surface area contributed by atoms with Crippen LogP contribution in [0.3, 0.4) is 0 Å². The smallest absolute Gasteiger partial charge is 0.237 e. The molecule has 0 aliphatic carbocycles. The lowest BCUT2D eigenvalue weighted by Crippen LogP contribution is -2.60. The summed E-state index contributed by atoms with van der Waals surface area (Å²) < 4.78 is 2.01. The molecule has 0 aromatic carbocycles. The van der Waals surface area contributed by atoms with Gasteiger partial charge in [-0.15, -0.1) is 0 Å². The SMILES string of the molecule is Cc1cc(C)n(C2CN(C(=O)CC3C(=O)NCCN3C(C)C)C2)n1. The topological polar surface area (TPSA) is 70.5 Å². The third kappa shape index (κ3) is 3.17. The number of aromatic nitrogens is 2. The van der Waals surface area contributed by atoms with E-state index in [1.165, 1.54) is 0 Å². The van der Waals surface area contributed by atoms with Crippen molar-refractivity contribution in [1.82, 2.24) is 24.9 Å². The quantitative estimate of drug-likeness (QED) is 0.870. The van der Waals surface area contributed by atoms with E-state index in [0.717, 1.165) is 17.9 Å². The molecule has 0 saturated carbocycles. The number of amides is 2. The van der Waals surface area contributed by atoms with Crippen LogP contribution in [0.5, 0.6) is 0 Å². The van der Waals surface area contributed by atoms with Crippen LogP contribution in [0.15, 0.2) is 6.07 Å². The van der Waals surface area contributed by atoms with Crippen LogP contribution in [0.4, 0.5) is 0 Å². The van der Waals surface area contributed by atoms with Crippen molar-refractivity contribution >= 4 is 11.8 Å². The van der Waals surface area contributed by atoms with E-state index < -0.39 is 0 Å². The van der Waals surface area contributed by atoms with Crippen LogP contribution in [0.2, 0.25) is 0 Å². The summed E-state index contributed by atoms with van der Waals surface area (Å²) in [6.07, 6.45) is 0.258. The highest BCUT2D eigenvalue weighted by atomic mass is 16.2. The predicted octanol–water partition coefficient (Wildman–Crippen LogP) is 0.482. The maximum atomic E-state index is 12.6. The Kier molecular flexibility index (Phi) is 4.62. The third-order valence-corrected chi connectivity index (χ3v) is 5.01. The fraction of sp³-hybridized carbons (Fsp3) is 0.706. The van der Waals surface area contributed by atoms with Crippen LogP contribution in [0, 0.1) is 13.8 Å². The number of carbonyl (C=O) groups is 2. The van der Waals surface area contributed by atoms with Crippen LogP contribution in [0.1, 0.15) is 37.7 Å². The molecular formula is C17H27N5O2. The number of hydrogen-bond acceptors (Lipinski definition) is 4. The predicted molar refractivity (Wildman–Crippen MR) is 90.6 cm³/mol. The summed E-state index contributed by atoms with van der Waals surface area (Å²) in [6.45, 7) is 11.0. The molecule has 0 radical (unpaired) electrons. The second kappa shape index (κ2) is 6.55. The highest BCUT2D eigenvalue weighted by molar-refractivity contribution is 5.89. The molecule has 7 nitrogen and oxygen atoms in total. The molecule has 2 fully saturated rings. The molecule has 1 unspecified atom stereocenters. The minimum Gasteiger partial charge on any atom is -0.353 e. The Morgan fingerprint density at radius 2 is 2.08 bits per heavy atom. The Morgan fingerprint density at radius 1 is 1.38 bits per heavy atom. The van der Waals surface area contributed by atoms with Crippen molar-refractivity contribution in [2.75, 3.05) is 26.2 Å². The van der Waals surface area contributed by atoms with E-state index in [4.69, 9.17) is 0 Å². The lowest BCUT2D eigenvalue weighted by molar-refractivity contribution is -0.143. The molecule has 7 heteroatoms. The van der Waals surface area contributed by atoms with Gasteiger partial charge in [0, 0.05) is 37.9 Å². The zero-order valence-electron chi connectivity index (χ0n) is 15.0. The summed E-state index contributed by atoms with van der Waals surface area (Å²) >= 11 is 0.